The average molecular weight is 235 g/mol. The van der Waals surface area contributed by atoms with E-state index in [4.69, 9.17) is 4.74 Å². The van der Waals surface area contributed by atoms with E-state index >= 15 is 0 Å². The zero-order valence-corrected chi connectivity index (χ0v) is 10.2. The van der Waals surface area contributed by atoms with Gasteiger partial charge in [-0.25, -0.2) is 9.97 Å². The lowest BCUT2D eigenvalue weighted by atomic mass is 10.2. The summed E-state index contributed by atoms with van der Waals surface area (Å²) in [6.07, 6.45) is 2.25. The van der Waals surface area contributed by atoms with Crippen molar-refractivity contribution < 1.29 is 9.53 Å². The van der Waals surface area contributed by atoms with Gasteiger partial charge in [-0.3, -0.25) is 4.79 Å². The van der Waals surface area contributed by atoms with Crippen LogP contribution in [0.3, 0.4) is 0 Å². The van der Waals surface area contributed by atoms with Crippen LogP contribution < -0.4 is 5.32 Å². The zero-order valence-electron chi connectivity index (χ0n) is 10.2. The molecule has 1 unspecified atom stereocenters. The zero-order chi connectivity index (χ0) is 12.3. The molecule has 0 spiro atoms. The summed E-state index contributed by atoms with van der Waals surface area (Å²) in [6.45, 7) is 4.99. The lowest BCUT2D eigenvalue weighted by Crippen LogP contribution is -2.32. The van der Waals surface area contributed by atoms with Crippen molar-refractivity contribution in [3.05, 3.63) is 23.3 Å². The van der Waals surface area contributed by atoms with Crippen LogP contribution in [-0.2, 0) is 4.74 Å². The van der Waals surface area contributed by atoms with Crippen LogP contribution in [0.25, 0.3) is 0 Å². The third kappa shape index (κ3) is 3.23. The van der Waals surface area contributed by atoms with Crippen molar-refractivity contribution in [2.45, 2.75) is 32.8 Å². The molecule has 1 aromatic rings. The second-order valence-electron chi connectivity index (χ2n) is 4.29. The first-order valence-electron chi connectivity index (χ1n) is 5.87. The molecule has 0 aromatic carbocycles. The van der Waals surface area contributed by atoms with Crippen LogP contribution in [0.1, 0.15) is 34.8 Å². The van der Waals surface area contributed by atoms with Crippen molar-refractivity contribution in [3.63, 3.8) is 0 Å². The Morgan fingerprint density at radius 2 is 2.35 bits per heavy atom. The summed E-state index contributed by atoms with van der Waals surface area (Å²) >= 11 is 0. The molecule has 5 nitrogen and oxygen atoms in total. The van der Waals surface area contributed by atoms with Gasteiger partial charge in [0, 0.05) is 18.8 Å². The topological polar surface area (TPSA) is 64.1 Å². The first kappa shape index (κ1) is 12.0. The molecule has 1 saturated heterocycles. The van der Waals surface area contributed by atoms with Gasteiger partial charge in [-0.1, -0.05) is 0 Å². The number of nitrogens with zero attached hydrogens (tertiary/aromatic N) is 2. The van der Waals surface area contributed by atoms with Gasteiger partial charge in [0.25, 0.3) is 5.91 Å². The Hall–Kier alpha value is -1.49. The second-order valence-corrected chi connectivity index (χ2v) is 4.29. The fraction of sp³-hybridized carbons (Fsp3) is 0.583. The molecular weight excluding hydrogens is 218 g/mol. The highest BCUT2D eigenvalue weighted by Gasteiger charge is 2.17. The van der Waals surface area contributed by atoms with Crippen molar-refractivity contribution in [1.29, 1.82) is 0 Å². The van der Waals surface area contributed by atoms with Crippen molar-refractivity contribution in [3.8, 4) is 0 Å². The predicted octanol–water partition coefficient (Wildman–Crippen LogP) is 1.00. The van der Waals surface area contributed by atoms with Gasteiger partial charge in [0.2, 0.25) is 0 Å². The maximum Gasteiger partial charge on any atom is 0.270 e. The van der Waals surface area contributed by atoms with E-state index in [-0.39, 0.29) is 12.0 Å². The Balaban J connectivity index is 1.94. The smallest absolute Gasteiger partial charge is 0.270 e. The molecule has 5 heteroatoms. The number of rotatable bonds is 3. The van der Waals surface area contributed by atoms with Crippen LogP contribution >= 0.6 is 0 Å². The van der Waals surface area contributed by atoms with E-state index in [0.29, 0.717) is 18.1 Å². The van der Waals surface area contributed by atoms with Gasteiger partial charge in [-0.05, 0) is 32.8 Å². The van der Waals surface area contributed by atoms with Crippen LogP contribution in [0.4, 0.5) is 0 Å². The molecule has 0 saturated carbocycles. The molecule has 0 aliphatic carbocycles. The van der Waals surface area contributed by atoms with Gasteiger partial charge >= 0.3 is 0 Å². The van der Waals surface area contributed by atoms with Crippen molar-refractivity contribution in [2.24, 2.45) is 0 Å². The summed E-state index contributed by atoms with van der Waals surface area (Å²) in [5.41, 5.74) is 1.23. The van der Waals surface area contributed by atoms with Crippen molar-refractivity contribution >= 4 is 5.91 Å². The Kier molecular flexibility index (Phi) is 3.68. The highest BCUT2D eigenvalue weighted by Crippen LogP contribution is 2.10. The van der Waals surface area contributed by atoms with Crippen LogP contribution in [-0.4, -0.2) is 35.1 Å². The van der Waals surface area contributed by atoms with Gasteiger partial charge in [-0.2, -0.15) is 0 Å². The monoisotopic (exact) mass is 235 g/mol. The number of hydrogen-bond donors (Lipinski definition) is 1. The summed E-state index contributed by atoms with van der Waals surface area (Å²) in [5.74, 6) is 0.460. The Morgan fingerprint density at radius 1 is 1.53 bits per heavy atom. The van der Waals surface area contributed by atoms with Crippen LogP contribution in [0.5, 0.6) is 0 Å². The fourth-order valence-corrected chi connectivity index (χ4v) is 1.94. The number of ether oxygens (including phenoxy) is 1. The normalized spacial score (nSPS) is 19.3. The van der Waals surface area contributed by atoms with Gasteiger partial charge in [0.1, 0.15) is 11.5 Å². The Morgan fingerprint density at radius 3 is 3.00 bits per heavy atom. The summed E-state index contributed by atoms with van der Waals surface area (Å²) in [4.78, 5) is 20.1. The predicted molar refractivity (Wildman–Crippen MR) is 62.8 cm³/mol. The number of aryl methyl sites for hydroxylation is 2. The number of carbonyl (C=O) groups is 1. The maximum absolute atomic E-state index is 11.8. The molecule has 1 atom stereocenters. The molecule has 2 heterocycles. The van der Waals surface area contributed by atoms with Crippen LogP contribution in [0.15, 0.2) is 6.07 Å². The van der Waals surface area contributed by atoms with Gasteiger partial charge < -0.3 is 10.1 Å². The van der Waals surface area contributed by atoms with Crippen LogP contribution in [0.2, 0.25) is 0 Å². The van der Waals surface area contributed by atoms with Gasteiger partial charge in [-0.15, -0.1) is 0 Å². The minimum absolute atomic E-state index is 0.156. The van der Waals surface area contributed by atoms with E-state index in [1.54, 1.807) is 13.0 Å². The summed E-state index contributed by atoms with van der Waals surface area (Å²) in [5, 5.41) is 2.84. The molecule has 17 heavy (non-hydrogen) atoms. The standard InChI is InChI=1S/C12H17N3O2/c1-8-6-11(15-9(2)14-8)12(16)13-7-10-4-3-5-17-10/h6,10H,3-5,7H2,1-2H3,(H,13,16). The molecule has 1 fully saturated rings. The molecular formula is C12H17N3O2. The molecule has 1 amide bonds. The Labute approximate surface area is 101 Å². The highest BCUT2D eigenvalue weighted by molar-refractivity contribution is 5.92. The van der Waals surface area contributed by atoms with Crippen LogP contribution in [0, 0.1) is 13.8 Å². The molecule has 0 bridgehead atoms. The minimum Gasteiger partial charge on any atom is -0.376 e. The third-order valence-electron chi connectivity index (χ3n) is 2.71. The van der Waals surface area contributed by atoms with E-state index in [1.807, 2.05) is 6.92 Å². The second kappa shape index (κ2) is 5.23. The van der Waals surface area contributed by atoms with E-state index in [0.717, 1.165) is 25.1 Å². The van der Waals surface area contributed by atoms with Crippen molar-refractivity contribution in [2.75, 3.05) is 13.2 Å². The average Bonchev–Trinajstić information content (AvgIpc) is 2.77. The van der Waals surface area contributed by atoms with E-state index in [2.05, 4.69) is 15.3 Å². The quantitative estimate of drug-likeness (QED) is 0.849. The van der Waals surface area contributed by atoms with Gasteiger partial charge in [0.15, 0.2) is 0 Å². The van der Waals surface area contributed by atoms with E-state index in [1.165, 1.54) is 0 Å². The summed E-state index contributed by atoms with van der Waals surface area (Å²) < 4.78 is 5.44. The van der Waals surface area contributed by atoms with E-state index < -0.39 is 0 Å². The lowest BCUT2D eigenvalue weighted by molar-refractivity contribution is 0.0853. The largest absolute Gasteiger partial charge is 0.376 e. The van der Waals surface area contributed by atoms with Gasteiger partial charge in [0.05, 0.1) is 6.10 Å². The first-order valence-corrected chi connectivity index (χ1v) is 5.87. The maximum atomic E-state index is 11.8. The number of hydrogen-bond acceptors (Lipinski definition) is 4. The summed E-state index contributed by atoms with van der Waals surface area (Å²) in [7, 11) is 0. The number of amides is 1. The molecule has 1 aliphatic rings. The molecule has 92 valence electrons. The minimum atomic E-state index is -0.158. The lowest BCUT2D eigenvalue weighted by Gasteiger charge is -2.10. The first-order chi connectivity index (χ1) is 8.15. The molecule has 1 aromatic heterocycles. The number of aromatic nitrogens is 2. The van der Waals surface area contributed by atoms with Crippen molar-refractivity contribution in [1.82, 2.24) is 15.3 Å². The van der Waals surface area contributed by atoms with E-state index in [9.17, 15) is 4.79 Å². The fourth-order valence-electron chi connectivity index (χ4n) is 1.94. The molecule has 1 N–H and O–H groups in total. The SMILES string of the molecule is Cc1cc(C(=O)NCC2CCCO2)nc(C)n1. The highest BCUT2D eigenvalue weighted by atomic mass is 16.5. The molecule has 0 radical (unpaired) electrons. The number of nitrogens with one attached hydrogen (secondary N) is 1. The molecule has 2 rings (SSSR count). The Bertz CT molecular complexity index is 394. The molecule has 1 aliphatic heterocycles. The summed E-state index contributed by atoms with van der Waals surface area (Å²) in [6, 6.07) is 1.69. The third-order valence-corrected chi connectivity index (χ3v) is 2.71. The number of carbonyl (C=O) groups excluding carboxylic acids is 1.